The maximum atomic E-state index is 12.0. The van der Waals surface area contributed by atoms with Gasteiger partial charge in [-0.1, -0.05) is 30.4 Å². The molecule has 0 bridgehead atoms. The molecule has 0 saturated heterocycles. The Hall–Kier alpha value is -1.90. The zero-order valence-electron chi connectivity index (χ0n) is 10.4. The molecule has 3 nitrogen and oxygen atoms in total. The van der Waals surface area contributed by atoms with Gasteiger partial charge in [-0.3, -0.25) is 4.79 Å². The molecule has 1 saturated carbocycles. The van der Waals surface area contributed by atoms with Gasteiger partial charge in [0.05, 0.1) is 0 Å². The van der Waals surface area contributed by atoms with Gasteiger partial charge in [-0.2, -0.15) is 5.10 Å². The summed E-state index contributed by atoms with van der Waals surface area (Å²) in [5, 5.41) is 4.27. The Labute approximate surface area is 107 Å². The number of amides is 1. The van der Waals surface area contributed by atoms with Gasteiger partial charge in [-0.25, -0.2) is 5.43 Å². The number of carbonyl (C=O) groups excluding carboxylic acids is 1. The van der Waals surface area contributed by atoms with E-state index >= 15 is 0 Å². The van der Waals surface area contributed by atoms with Crippen LogP contribution in [0.2, 0.25) is 0 Å². The summed E-state index contributed by atoms with van der Waals surface area (Å²) in [7, 11) is 0. The average Bonchev–Trinajstić information content (AvgIpc) is 2.71. The highest BCUT2D eigenvalue weighted by atomic mass is 16.2. The third-order valence-corrected chi connectivity index (χ3v) is 3.85. The first-order chi connectivity index (χ1) is 8.75. The van der Waals surface area contributed by atoms with Crippen LogP contribution in [0.3, 0.4) is 0 Å². The summed E-state index contributed by atoms with van der Waals surface area (Å²) < 4.78 is 0. The molecule has 18 heavy (non-hydrogen) atoms. The minimum atomic E-state index is -0.116. The van der Waals surface area contributed by atoms with Gasteiger partial charge in [-0.15, -0.1) is 0 Å². The van der Waals surface area contributed by atoms with E-state index < -0.39 is 0 Å². The van der Waals surface area contributed by atoms with E-state index in [-0.39, 0.29) is 5.91 Å². The highest BCUT2D eigenvalue weighted by molar-refractivity contribution is 5.98. The SMILES string of the molecule is Cc1ccccc1C(=O)N/N=C1/CC2C=CCC12. The summed E-state index contributed by atoms with van der Waals surface area (Å²) >= 11 is 0. The van der Waals surface area contributed by atoms with Crippen molar-refractivity contribution in [3.05, 3.63) is 47.5 Å². The van der Waals surface area contributed by atoms with Gasteiger partial charge in [-0.05, 0) is 37.3 Å². The molecule has 2 atom stereocenters. The van der Waals surface area contributed by atoms with Crippen molar-refractivity contribution in [2.45, 2.75) is 19.8 Å². The van der Waals surface area contributed by atoms with E-state index in [2.05, 4.69) is 22.7 Å². The van der Waals surface area contributed by atoms with Crippen LogP contribution in [0.5, 0.6) is 0 Å². The monoisotopic (exact) mass is 240 g/mol. The van der Waals surface area contributed by atoms with Crippen LogP contribution < -0.4 is 5.43 Å². The zero-order valence-corrected chi connectivity index (χ0v) is 10.4. The Bertz CT molecular complexity index is 545. The van der Waals surface area contributed by atoms with E-state index in [0.29, 0.717) is 17.4 Å². The molecule has 1 amide bonds. The molecule has 92 valence electrons. The first kappa shape index (κ1) is 11.2. The number of fused-ring (bicyclic) bond motifs is 1. The quantitative estimate of drug-likeness (QED) is 0.626. The van der Waals surface area contributed by atoms with Gasteiger partial charge >= 0.3 is 0 Å². The number of rotatable bonds is 2. The normalized spacial score (nSPS) is 26.8. The molecule has 0 radical (unpaired) electrons. The summed E-state index contributed by atoms with van der Waals surface area (Å²) in [6.07, 6.45) is 6.53. The van der Waals surface area contributed by atoms with Crippen molar-refractivity contribution in [1.82, 2.24) is 5.43 Å². The number of nitrogens with one attached hydrogen (secondary N) is 1. The Balaban J connectivity index is 1.66. The van der Waals surface area contributed by atoms with Crippen molar-refractivity contribution in [3.63, 3.8) is 0 Å². The first-order valence-electron chi connectivity index (χ1n) is 6.35. The fourth-order valence-electron chi connectivity index (χ4n) is 2.67. The predicted octanol–water partition coefficient (Wildman–Crippen LogP) is 2.68. The minimum absolute atomic E-state index is 0.116. The smallest absolute Gasteiger partial charge is 0.267 e. The third kappa shape index (κ3) is 1.86. The van der Waals surface area contributed by atoms with Crippen molar-refractivity contribution in [2.75, 3.05) is 0 Å². The van der Waals surface area contributed by atoms with Crippen LogP contribution in [0, 0.1) is 18.8 Å². The summed E-state index contributed by atoms with van der Waals surface area (Å²) in [5.41, 5.74) is 5.48. The first-order valence-corrected chi connectivity index (χ1v) is 6.35. The van der Waals surface area contributed by atoms with Gasteiger partial charge in [0.1, 0.15) is 0 Å². The van der Waals surface area contributed by atoms with Crippen molar-refractivity contribution in [2.24, 2.45) is 16.9 Å². The van der Waals surface area contributed by atoms with Gasteiger partial charge < -0.3 is 0 Å². The molecule has 1 fully saturated rings. The molecule has 2 aliphatic rings. The van der Waals surface area contributed by atoms with Crippen LogP contribution >= 0.6 is 0 Å². The molecule has 0 heterocycles. The lowest BCUT2D eigenvalue weighted by Crippen LogP contribution is -2.35. The number of benzene rings is 1. The summed E-state index contributed by atoms with van der Waals surface area (Å²) in [6.45, 7) is 1.93. The lowest BCUT2D eigenvalue weighted by molar-refractivity contribution is 0.0953. The van der Waals surface area contributed by atoms with Crippen LogP contribution in [0.4, 0.5) is 0 Å². The number of nitrogens with zero attached hydrogens (tertiary/aromatic N) is 1. The average molecular weight is 240 g/mol. The maximum absolute atomic E-state index is 12.0. The predicted molar refractivity (Wildman–Crippen MR) is 71.4 cm³/mol. The highest BCUT2D eigenvalue weighted by Crippen LogP contribution is 2.40. The Kier molecular flexibility index (Phi) is 2.74. The van der Waals surface area contributed by atoms with Crippen LogP contribution in [0.1, 0.15) is 28.8 Å². The molecule has 3 rings (SSSR count). The van der Waals surface area contributed by atoms with E-state index in [0.717, 1.165) is 24.1 Å². The fourth-order valence-corrected chi connectivity index (χ4v) is 2.67. The lowest BCUT2D eigenvalue weighted by Gasteiger charge is -2.31. The van der Waals surface area contributed by atoms with Gasteiger partial charge in [0.25, 0.3) is 5.91 Å². The van der Waals surface area contributed by atoms with Crippen LogP contribution in [0.25, 0.3) is 0 Å². The number of hydrogen-bond acceptors (Lipinski definition) is 2. The third-order valence-electron chi connectivity index (χ3n) is 3.85. The van der Waals surface area contributed by atoms with Crippen LogP contribution in [0.15, 0.2) is 41.5 Å². The molecular formula is C15H16N2O. The largest absolute Gasteiger partial charge is 0.271 e. The molecular weight excluding hydrogens is 224 g/mol. The number of aryl methyl sites for hydroxylation is 1. The molecule has 1 aromatic rings. The second kappa shape index (κ2) is 4.41. The lowest BCUT2D eigenvalue weighted by atomic mass is 9.74. The molecule has 1 aromatic carbocycles. The van der Waals surface area contributed by atoms with E-state index in [1.54, 1.807) is 0 Å². The van der Waals surface area contributed by atoms with E-state index in [1.165, 1.54) is 0 Å². The van der Waals surface area contributed by atoms with Gasteiger partial charge in [0.15, 0.2) is 0 Å². The number of allylic oxidation sites excluding steroid dienone is 2. The number of hydrazone groups is 1. The molecule has 2 aliphatic carbocycles. The van der Waals surface area contributed by atoms with E-state index in [9.17, 15) is 4.79 Å². The summed E-state index contributed by atoms with van der Waals surface area (Å²) in [5.74, 6) is 1.09. The fraction of sp³-hybridized carbons (Fsp3) is 0.333. The summed E-state index contributed by atoms with van der Waals surface area (Å²) in [4.78, 5) is 12.0. The standard InChI is InChI=1S/C15H16N2O/c1-10-5-2-3-7-12(10)15(18)17-16-14-9-11-6-4-8-13(11)14/h2-7,11,13H,8-9H2,1H3,(H,17,18)/b16-14-. The Morgan fingerprint density at radius 3 is 3.00 bits per heavy atom. The topological polar surface area (TPSA) is 41.5 Å². The molecule has 0 aliphatic heterocycles. The van der Waals surface area contributed by atoms with Crippen molar-refractivity contribution in [1.29, 1.82) is 0 Å². The van der Waals surface area contributed by atoms with Gasteiger partial charge in [0, 0.05) is 17.2 Å². The molecule has 0 aromatic heterocycles. The Morgan fingerprint density at radius 1 is 1.39 bits per heavy atom. The Morgan fingerprint density at radius 2 is 2.22 bits per heavy atom. The van der Waals surface area contributed by atoms with Crippen LogP contribution in [-0.4, -0.2) is 11.6 Å². The molecule has 1 N–H and O–H groups in total. The molecule has 2 unspecified atom stereocenters. The van der Waals surface area contributed by atoms with Crippen molar-refractivity contribution in [3.8, 4) is 0 Å². The maximum Gasteiger partial charge on any atom is 0.271 e. The second-order valence-electron chi connectivity index (χ2n) is 5.00. The highest BCUT2D eigenvalue weighted by Gasteiger charge is 2.37. The molecule has 3 heteroatoms. The minimum Gasteiger partial charge on any atom is -0.267 e. The van der Waals surface area contributed by atoms with Crippen molar-refractivity contribution < 1.29 is 4.79 Å². The van der Waals surface area contributed by atoms with E-state index in [1.807, 2.05) is 31.2 Å². The second-order valence-corrected chi connectivity index (χ2v) is 5.00. The van der Waals surface area contributed by atoms with Crippen LogP contribution in [-0.2, 0) is 0 Å². The zero-order chi connectivity index (χ0) is 12.5. The number of carbonyl (C=O) groups is 1. The number of hydrogen-bond donors (Lipinski definition) is 1. The molecule has 0 spiro atoms. The summed E-state index contributed by atoms with van der Waals surface area (Å²) in [6, 6.07) is 7.56. The van der Waals surface area contributed by atoms with Crippen molar-refractivity contribution >= 4 is 11.6 Å². The van der Waals surface area contributed by atoms with Gasteiger partial charge in [0.2, 0.25) is 0 Å². The van der Waals surface area contributed by atoms with E-state index in [4.69, 9.17) is 0 Å².